The van der Waals surface area contributed by atoms with E-state index in [1.807, 2.05) is 0 Å². The van der Waals surface area contributed by atoms with Crippen molar-refractivity contribution in [3.8, 4) is 0 Å². The molecule has 0 unspecified atom stereocenters. The van der Waals surface area contributed by atoms with Crippen LogP contribution in [0.25, 0.3) is 0 Å². The second-order valence-electron chi connectivity index (χ2n) is 1.84. The van der Waals surface area contributed by atoms with Gasteiger partial charge in [-0.05, 0) is 6.55 Å². The number of amides is 2. The molecule has 0 aliphatic rings. The fraction of sp³-hybridized carbons (Fsp3) is 0.750. The fourth-order valence-electron chi connectivity index (χ4n) is 0.409. The zero-order valence-electron chi connectivity index (χ0n) is 6.30. The van der Waals surface area contributed by atoms with E-state index in [2.05, 4.69) is 4.98 Å². The summed E-state index contributed by atoms with van der Waals surface area (Å²) in [6.07, 6.45) is 0. The van der Waals surface area contributed by atoms with Crippen LogP contribution in [0.3, 0.4) is 0 Å². The van der Waals surface area contributed by atoms with E-state index >= 15 is 0 Å². The molecule has 0 rings (SSSR count). The average molecular weight is 164 g/mol. The second-order valence-corrected chi connectivity index (χ2v) is 4.80. The summed E-state index contributed by atoms with van der Waals surface area (Å²) in [7, 11) is 0.443. The Balaban J connectivity index is 3.92. The van der Waals surface area contributed by atoms with Crippen LogP contribution in [0.4, 0.5) is 4.79 Å². The Bertz CT molecular complexity index is 126. The molecule has 0 fully saturated rings. The molecule has 2 amide bonds. The van der Waals surface area contributed by atoms with Gasteiger partial charge >= 0.3 is 14.8 Å². The molecule has 0 aliphatic heterocycles. The molecule has 3 N–H and O–H groups in total. The van der Waals surface area contributed by atoms with Crippen LogP contribution in [-0.2, 0) is 8.85 Å². The third-order valence-corrected chi connectivity index (χ3v) is 3.39. The number of nitrogens with one attached hydrogen (secondary N) is 1. The Morgan fingerprint density at radius 2 is 1.90 bits per heavy atom. The highest BCUT2D eigenvalue weighted by Crippen LogP contribution is 1.96. The first-order valence-corrected chi connectivity index (χ1v) is 5.03. The van der Waals surface area contributed by atoms with E-state index in [4.69, 9.17) is 14.6 Å². The highest BCUT2D eigenvalue weighted by atomic mass is 28.4. The Morgan fingerprint density at radius 3 is 2.00 bits per heavy atom. The number of hydrogen-bond donors (Lipinski definition) is 2. The first-order valence-electron chi connectivity index (χ1n) is 2.72. The summed E-state index contributed by atoms with van der Waals surface area (Å²) in [4.78, 5) is 12.7. The van der Waals surface area contributed by atoms with Crippen molar-refractivity contribution in [2.24, 2.45) is 5.73 Å². The molecule has 0 bridgehead atoms. The van der Waals surface area contributed by atoms with Crippen LogP contribution in [0.2, 0.25) is 6.55 Å². The van der Waals surface area contributed by atoms with Crippen LogP contribution in [0.15, 0.2) is 0 Å². The SMILES string of the molecule is CO[Si](C)(NC(N)=O)OC. The molecule has 0 spiro atoms. The fourth-order valence-corrected chi connectivity index (χ4v) is 1.23. The maximum atomic E-state index is 10.3. The summed E-state index contributed by atoms with van der Waals surface area (Å²) in [5, 5.41) is 0. The van der Waals surface area contributed by atoms with Gasteiger partial charge in [-0.2, -0.15) is 0 Å². The van der Waals surface area contributed by atoms with Gasteiger partial charge in [-0.15, -0.1) is 0 Å². The summed E-state index contributed by atoms with van der Waals surface area (Å²) in [6.45, 7) is 1.68. The molecule has 0 saturated heterocycles. The van der Waals surface area contributed by atoms with Crippen molar-refractivity contribution in [3.05, 3.63) is 0 Å². The second kappa shape index (κ2) is 3.54. The molecule has 0 radical (unpaired) electrons. The molecule has 0 saturated carbocycles. The lowest BCUT2D eigenvalue weighted by molar-refractivity contribution is 0.224. The van der Waals surface area contributed by atoms with Crippen molar-refractivity contribution in [1.82, 2.24) is 4.98 Å². The minimum Gasteiger partial charge on any atom is -0.382 e. The van der Waals surface area contributed by atoms with Crippen LogP contribution in [-0.4, -0.2) is 29.0 Å². The van der Waals surface area contributed by atoms with Crippen molar-refractivity contribution in [2.75, 3.05) is 14.2 Å². The highest BCUT2D eigenvalue weighted by molar-refractivity contribution is 6.65. The van der Waals surface area contributed by atoms with Crippen molar-refractivity contribution in [3.63, 3.8) is 0 Å². The van der Waals surface area contributed by atoms with Crippen molar-refractivity contribution >= 4 is 14.8 Å². The standard InChI is InChI=1S/C4H12N2O3Si/c1-8-10(3,9-2)6-4(5)7/h1-3H3,(H3,5,6,7). The maximum Gasteiger partial charge on any atom is 0.456 e. The molecule has 5 nitrogen and oxygen atoms in total. The highest BCUT2D eigenvalue weighted by Gasteiger charge is 2.31. The number of carbonyl (C=O) groups excluding carboxylic acids is 1. The van der Waals surface area contributed by atoms with E-state index in [9.17, 15) is 4.79 Å². The minimum atomic E-state index is -2.48. The molecule has 0 atom stereocenters. The molecule has 0 aromatic heterocycles. The molecular weight excluding hydrogens is 152 g/mol. The minimum absolute atomic E-state index is 0.627. The number of hydrogen-bond acceptors (Lipinski definition) is 3. The van der Waals surface area contributed by atoms with E-state index in [-0.39, 0.29) is 0 Å². The van der Waals surface area contributed by atoms with Gasteiger partial charge in [-0.3, -0.25) is 0 Å². The maximum absolute atomic E-state index is 10.3. The van der Waals surface area contributed by atoms with Gasteiger partial charge in [0, 0.05) is 14.2 Å². The normalized spacial score (nSPS) is 11.1. The molecular formula is C4H12N2O3Si. The van der Waals surface area contributed by atoms with Crippen LogP contribution < -0.4 is 10.7 Å². The molecule has 0 aromatic carbocycles. The third-order valence-electron chi connectivity index (χ3n) is 1.13. The number of urea groups is 1. The zero-order chi connectivity index (χ0) is 8.20. The van der Waals surface area contributed by atoms with Gasteiger partial charge in [0.25, 0.3) is 0 Å². The van der Waals surface area contributed by atoms with Crippen molar-refractivity contribution < 1.29 is 13.6 Å². The van der Waals surface area contributed by atoms with Gasteiger partial charge in [0.1, 0.15) is 0 Å². The molecule has 0 aliphatic carbocycles. The summed E-state index contributed by atoms with van der Waals surface area (Å²) < 4.78 is 9.80. The Kier molecular flexibility index (Phi) is 3.33. The summed E-state index contributed by atoms with van der Waals surface area (Å²) >= 11 is 0. The molecule has 0 heterocycles. The first kappa shape index (κ1) is 9.41. The smallest absolute Gasteiger partial charge is 0.382 e. The van der Waals surface area contributed by atoms with Crippen LogP contribution in [0, 0.1) is 0 Å². The summed E-state index contributed by atoms with van der Waals surface area (Å²) in [5.74, 6) is 0. The van der Waals surface area contributed by atoms with Gasteiger partial charge in [0.2, 0.25) is 0 Å². The van der Waals surface area contributed by atoms with Crippen LogP contribution in [0.1, 0.15) is 0 Å². The largest absolute Gasteiger partial charge is 0.456 e. The summed E-state index contributed by atoms with van der Waals surface area (Å²) in [6, 6.07) is -0.627. The Hall–Kier alpha value is -0.593. The van der Waals surface area contributed by atoms with Gasteiger partial charge in [0.15, 0.2) is 0 Å². The van der Waals surface area contributed by atoms with Gasteiger partial charge < -0.3 is 19.6 Å². The van der Waals surface area contributed by atoms with E-state index in [0.717, 1.165) is 0 Å². The van der Waals surface area contributed by atoms with E-state index in [1.165, 1.54) is 14.2 Å². The van der Waals surface area contributed by atoms with E-state index in [1.54, 1.807) is 6.55 Å². The lowest BCUT2D eigenvalue weighted by atomic mass is 11.2. The predicted octanol–water partition coefficient (Wildman–Crippen LogP) is -0.484. The number of carbonyl (C=O) groups is 1. The number of primary amides is 1. The quantitative estimate of drug-likeness (QED) is 0.553. The summed E-state index contributed by atoms with van der Waals surface area (Å²) in [5.41, 5.74) is 4.85. The molecule has 10 heavy (non-hydrogen) atoms. The lowest BCUT2D eigenvalue weighted by Gasteiger charge is -2.21. The predicted molar refractivity (Wildman–Crippen MR) is 38.4 cm³/mol. The third kappa shape index (κ3) is 2.81. The number of nitrogens with two attached hydrogens (primary N) is 1. The van der Waals surface area contributed by atoms with Crippen molar-refractivity contribution in [2.45, 2.75) is 6.55 Å². The first-order chi connectivity index (χ1) is 4.54. The topological polar surface area (TPSA) is 73.6 Å². The molecule has 6 heteroatoms. The van der Waals surface area contributed by atoms with Crippen molar-refractivity contribution in [1.29, 1.82) is 0 Å². The molecule has 60 valence electrons. The van der Waals surface area contributed by atoms with Gasteiger partial charge in [-0.25, -0.2) is 4.79 Å². The Morgan fingerprint density at radius 1 is 1.50 bits per heavy atom. The van der Waals surface area contributed by atoms with E-state index < -0.39 is 14.8 Å². The van der Waals surface area contributed by atoms with Crippen LogP contribution >= 0.6 is 0 Å². The van der Waals surface area contributed by atoms with E-state index in [0.29, 0.717) is 0 Å². The molecule has 0 aromatic rings. The van der Waals surface area contributed by atoms with Crippen LogP contribution in [0.5, 0.6) is 0 Å². The Labute approximate surface area is 60.8 Å². The zero-order valence-corrected chi connectivity index (χ0v) is 7.30. The number of rotatable bonds is 3. The van der Waals surface area contributed by atoms with Gasteiger partial charge in [-0.1, -0.05) is 0 Å². The average Bonchev–Trinajstić information content (AvgIpc) is 1.87. The van der Waals surface area contributed by atoms with Gasteiger partial charge in [0.05, 0.1) is 0 Å². The monoisotopic (exact) mass is 164 g/mol. The lowest BCUT2D eigenvalue weighted by Crippen LogP contribution is -2.56.